The zero-order chi connectivity index (χ0) is 22.8. The number of carbonyl (C=O) groups excluding carboxylic acids is 1. The van der Waals surface area contributed by atoms with Crippen molar-refractivity contribution in [2.24, 2.45) is 0 Å². The first kappa shape index (κ1) is 21.2. The molecule has 2 aromatic heterocycles. The minimum atomic E-state index is -0.236. The number of fused-ring (bicyclic) bond motifs is 1. The second-order valence-electron chi connectivity index (χ2n) is 8.13. The number of hydrogen-bond acceptors (Lipinski definition) is 4. The van der Waals surface area contributed by atoms with Crippen molar-refractivity contribution in [3.8, 4) is 5.69 Å². The standard InChI is InChI=1S/C26H23ClN4O2/c27-20-8-9-22-23(15-20)31(21-6-2-1-3-7-21)17-19(25(22)32)16-29-26(33)18-10-11-28-24(14-18)30-12-4-5-13-30/h1-3,6-11,14-15,17H,4-5,12-13,16H2,(H,29,33). The predicted octanol–water partition coefficient (Wildman–Crippen LogP) is 4.57. The van der Waals surface area contributed by atoms with Gasteiger partial charge in [0.1, 0.15) is 5.82 Å². The third kappa shape index (κ3) is 4.34. The highest BCUT2D eigenvalue weighted by atomic mass is 35.5. The summed E-state index contributed by atoms with van der Waals surface area (Å²) in [6.07, 6.45) is 5.71. The molecule has 0 spiro atoms. The maximum absolute atomic E-state index is 13.2. The molecule has 1 aliphatic rings. The average molecular weight is 459 g/mol. The molecule has 1 aliphatic heterocycles. The molecule has 0 saturated carbocycles. The molecule has 33 heavy (non-hydrogen) atoms. The van der Waals surface area contributed by atoms with E-state index in [0.717, 1.165) is 43.0 Å². The minimum absolute atomic E-state index is 0.116. The van der Waals surface area contributed by atoms with Crippen LogP contribution in [0, 0.1) is 0 Å². The molecule has 1 saturated heterocycles. The van der Waals surface area contributed by atoms with Gasteiger partial charge >= 0.3 is 0 Å². The van der Waals surface area contributed by atoms with E-state index in [1.165, 1.54) is 0 Å². The summed E-state index contributed by atoms with van der Waals surface area (Å²) in [5.74, 6) is 0.578. The van der Waals surface area contributed by atoms with Crippen LogP contribution >= 0.6 is 11.6 Å². The zero-order valence-corrected chi connectivity index (χ0v) is 18.8. The van der Waals surface area contributed by atoms with Gasteiger partial charge < -0.3 is 14.8 Å². The number of para-hydroxylation sites is 1. The summed E-state index contributed by atoms with van der Waals surface area (Å²) in [7, 11) is 0. The van der Waals surface area contributed by atoms with Gasteiger partial charge in [0.15, 0.2) is 5.43 Å². The molecular formula is C26H23ClN4O2. The Morgan fingerprint density at radius 2 is 1.82 bits per heavy atom. The fourth-order valence-electron chi connectivity index (χ4n) is 4.24. The summed E-state index contributed by atoms with van der Waals surface area (Å²) >= 11 is 6.22. The first-order valence-electron chi connectivity index (χ1n) is 11.0. The highest BCUT2D eigenvalue weighted by Crippen LogP contribution is 2.22. The molecule has 0 aliphatic carbocycles. The number of amides is 1. The van der Waals surface area contributed by atoms with Gasteiger partial charge in [-0.05, 0) is 55.3 Å². The molecule has 0 bridgehead atoms. The van der Waals surface area contributed by atoms with Crippen molar-refractivity contribution in [2.45, 2.75) is 19.4 Å². The Morgan fingerprint density at radius 3 is 2.61 bits per heavy atom. The van der Waals surface area contributed by atoms with E-state index in [9.17, 15) is 9.59 Å². The van der Waals surface area contributed by atoms with E-state index in [0.29, 0.717) is 21.5 Å². The zero-order valence-electron chi connectivity index (χ0n) is 18.0. The van der Waals surface area contributed by atoms with Gasteiger partial charge in [-0.15, -0.1) is 0 Å². The number of halogens is 1. The van der Waals surface area contributed by atoms with E-state index in [1.54, 1.807) is 36.7 Å². The summed E-state index contributed by atoms with van der Waals surface area (Å²) in [6.45, 7) is 2.03. The van der Waals surface area contributed by atoms with Gasteiger partial charge in [-0.3, -0.25) is 9.59 Å². The molecule has 166 valence electrons. The lowest BCUT2D eigenvalue weighted by molar-refractivity contribution is 0.0950. The highest BCUT2D eigenvalue weighted by Gasteiger charge is 2.16. The summed E-state index contributed by atoms with van der Waals surface area (Å²) in [5.41, 5.74) is 2.53. The van der Waals surface area contributed by atoms with Crippen molar-refractivity contribution >= 4 is 34.2 Å². The topological polar surface area (TPSA) is 67.2 Å². The lowest BCUT2D eigenvalue weighted by Crippen LogP contribution is -2.27. The number of rotatable bonds is 5. The largest absolute Gasteiger partial charge is 0.357 e. The second kappa shape index (κ2) is 9.08. The molecular weight excluding hydrogens is 436 g/mol. The third-order valence-corrected chi connectivity index (χ3v) is 6.19. The normalized spacial score (nSPS) is 13.4. The van der Waals surface area contributed by atoms with Gasteiger partial charge in [-0.2, -0.15) is 0 Å². The number of carbonyl (C=O) groups is 1. The van der Waals surface area contributed by atoms with E-state index < -0.39 is 0 Å². The Labute approximate surface area is 196 Å². The Bertz CT molecular complexity index is 1380. The Balaban J connectivity index is 1.45. The molecule has 5 rings (SSSR count). The Hall–Kier alpha value is -3.64. The van der Waals surface area contributed by atoms with Crippen molar-refractivity contribution in [2.75, 3.05) is 18.0 Å². The van der Waals surface area contributed by atoms with Crippen LogP contribution in [0.1, 0.15) is 28.8 Å². The third-order valence-electron chi connectivity index (χ3n) is 5.95. The maximum atomic E-state index is 13.2. The SMILES string of the molecule is O=C(NCc1cn(-c2ccccc2)c2cc(Cl)ccc2c1=O)c1ccnc(N2CCCC2)c1. The van der Waals surface area contributed by atoms with Crippen LogP contribution in [-0.2, 0) is 6.54 Å². The van der Waals surface area contributed by atoms with Gasteiger partial charge in [0, 0.05) is 59.3 Å². The van der Waals surface area contributed by atoms with Gasteiger partial charge in [0.2, 0.25) is 0 Å². The van der Waals surface area contributed by atoms with Crippen LogP contribution in [0.4, 0.5) is 5.82 Å². The Morgan fingerprint density at radius 1 is 1.03 bits per heavy atom. The lowest BCUT2D eigenvalue weighted by atomic mass is 10.1. The first-order valence-corrected chi connectivity index (χ1v) is 11.4. The number of benzene rings is 2. The fourth-order valence-corrected chi connectivity index (χ4v) is 4.40. The monoisotopic (exact) mass is 458 g/mol. The molecule has 6 nitrogen and oxygen atoms in total. The summed E-state index contributed by atoms with van der Waals surface area (Å²) in [4.78, 5) is 32.6. The van der Waals surface area contributed by atoms with Crippen LogP contribution in [0.25, 0.3) is 16.6 Å². The van der Waals surface area contributed by atoms with Gasteiger partial charge in [0.25, 0.3) is 5.91 Å². The molecule has 2 aromatic carbocycles. The fraction of sp³-hybridized carbons (Fsp3) is 0.192. The van der Waals surface area contributed by atoms with Crippen molar-refractivity contribution in [3.05, 3.63) is 99.4 Å². The van der Waals surface area contributed by atoms with E-state index in [4.69, 9.17) is 11.6 Å². The van der Waals surface area contributed by atoms with Crippen LogP contribution < -0.4 is 15.6 Å². The van der Waals surface area contributed by atoms with Crippen LogP contribution in [0.5, 0.6) is 0 Å². The molecule has 1 N–H and O–H groups in total. The molecule has 1 amide bonds. The molecule has 7 heteroatoms. The van der Waals surface area contributed by atoms with Crippen LogP contribution in [0.3, 0.4) is 0 Å². The molecule has 0 unspecified atom stereocenters. The van der Waals surface area contributed by atoms with Crippen molar-refractivity contribution in [3.63, 3.8) is 0 Å². The van der Waals surface area contributed by atoms with Gasteiger partial charge in [-0.25, -0.2) is 4.98 Å². The maximum Gasteiger partial charge on any atom is 0.251 e. The summed E-state index contributed by atoms with van der Waals surface area (Å²) < 4.78 is 1.93. The van der Waals surface area contributed by atoms with E-state index in [1.807, 2.05) is 41.0 Å². The molecule has 4 aromatic rings. The summed E-state index contributed by atoms with van der Waals surface area (Å²) in [5, 5.41) is 4.01. The highest BCUT2D eigenvalue weighted by molar-refractivity contribution is 6.31. The van der Waals surface area contributed by atoms with Crippen LogP contribution in [0.2, 0.25) is 5.02 Å². The van der Waals surface area contributed by atoms with E-state index in [-0.39, 0.29) is 17.9 Å². The number of pyridine rings is 2. The quantitative estimate of drug-likeness (QED) is 0.475. The van der Waals surface area contributed by atoms with E-state index in [2.05, 4.69) is 15.2 Å². The van der Waals surface area contributed by atoms with Crippen molar-refractivity contribution in [1.82, 2.24) is 14.9 Å². The average Bonchev–Trinajstić information content (AvgIpc) is 3.39. The van der Waals surface area contributed by atoms with Crippen molar-refractivity contribution < 1.29 is 4.79 Å². The minimum Gasteiger partial charge on any atom is -0.357 e. The van der Waals surface area contributed by atoms with Gasteiger partial charge in [-0.1, -0.05) is 29.8 Å². The number of nitrogens with zero attached hydrogens (tertiary/aromatic N) is 3. The number of anilines is 1. The van der Waals surface area contributed by atoms with Gasteiger partial charge in [0.05, 0.1) is 5.52 Å². The van der Waals surface area contributed by atoms with Crippen LogP contribution in [-0.4, -0.2) is 28.5 Å². The van der Waals surface area contributed by atoms with E-state index >= 15 is 0 Å². The molecule has 3 heterocycles. The number of aromatic nitrogens is 2. The van der Waals surface area contributed by atoms with Crippen LogP contribution in [0.15, 0.2) is 77.9 Å². The number of nitrogens with one attached hydrogen (secondary N) is 1. The smallest absolute Gasteiger partial charge is 0.251 e. The molecule has 1 fully saturated rings. The second-order valence-corrected chi connectivity index (χ2v) is 8.57. The first-order chi connectivity index (χ1) is 16.1. The Kier molecular flexibility index (Phi) is 5.84. The van der Waals surface area contributed by atoms with Crippen molar-refractivity contribution in [1.29, 1.82) is 0 Å². The molecule has 0 atom stereocenters. The lowest BCUT2D eigenvalue weighted by Gasteiger charge is -2.17. The number of hydrogen-bond donors (Lipinski definition) is 1. The molecule has 0 radical (unpaired) electrons. The predicted molar refractivity (Wildman–Crippen MR) is 131 cm³/mol. The summed E-state index contributed by atoms with van der Waals surface area (Å²) in [6, 6.07) is 18.5.